The fourth-order valence-electron chi connectivity index (χ4n) is 4.35. The van der Waals surface area contributed by atoms with Crippen molar-refractivity contribution in [3.63, 3.8) is 0 Å². The molecule has 0 aliphatic carbocycles. The third-order valence-electron chi connectivity index (χ3n) is 5.96. The minimum Gasteiger partial charge on any atom is -0.375 e. The van der Waals surface area contributed by atoms with Gasteiger partial charge >= 0.3 is 0 Å². The van der Waals surface area contributed by atoms with Crippen molar-refractivity contribution >= 4 is 28.2 Å². The first-order valence-corrected chi connectivity index (χ1v) is 10.4. The minimum absolute atomic E-state index is 0.0973. The van der Waals surface area contributed by atoms with Crippen LogP contribution in [0.1, 0.15) is 27.9 Å². The highest BCUT2D eigenvalue weighted by Crippen LogP contribution is 2.43. The lowest BCUT2D eigenvalue weighted by atomic mass is 9.88. The molecule has 1 aliphatic rings. The third-order valence-corrected chi connectivity index (χ3v) is 5.96. The van der Waals surface area contributed by atoms with Gasteiger partial charge in [0, 0.05) is 11.1 Å². The Morgan fingerprint density at radius 1 is 0.875 bits per heavy atom. The topological polar surface area (TPSA) is 57.6 Å². The molecule has 0 bridgehead atoms. The molecular weight excluding hydrogens is 405 g/mol. The zero-order valence-electron chi connectivity index (χ0n) is 17.2. The minimum atomic E-state index is -1.98. The summed E-state index contributed by atoms with van der Waals surface area (Å²) in [6.07, 6.45) is -0.374. The number of hydrogen-bond donors (Lipinski definition) is 1. The van der Waals surface area contributed by atoms with E-state index in [1.54, 1.807) is 48.5 Å². The lowest BCUT2D eigenvalue weighted by molar-refractivity contribution is -0.136. The predicted molar refractivity (Wildman–Crippen MR) is 121 cm³/mol. The monoisotopic (exact) mass is 425 g/mol. The zero-order valence-corrected chi connectivity index (χ0v) is 17.2. The van der Waals surface area contributed by atoms with Crippen LogP contribution in [-0.2, 0) is 16.9 Å². The highest BCUT2D eigenvalue weighted by atomic mass is 19.1. The summed E-state index contributed by atoms with van der Waals surface area (Å²) in [6.45, 7) is 0.0973. The third kappa shape index (κ3) is 3.37. The number of ketones is 1. The van der Waals surface area contributed by atoms with E-state index in [2.05, 4.69) is 0 Å². The number of benzene rings is 4. The van der Waals surface area contributed by atoms with Gasteiger partial charge in [0.25, 0.3) is 5.91 Å². The molecule has 0 spiro atoms. The number of para-hydroxylation sites is 1. The Labute approximate surface area is 184 Å². The first kappa shape index (κ1) is 20.1. The van der Waals surface area contributed by atoms with Crippen molar-refractivity contribution in [1.29, 1.82) is 0 Å². The van der Waals surface area contributed by atoms with Gasteiger partial charge in [0.05, 0.1) is 18.7 Å². The smallest absolute Gasteiger partial charge is 0.264 e. The van der Waals surface area contributed by atoms with Gasteiger partial charge in [-0.25, -0.2) is 4.39 Å². The summed E-state index contributed by atoms with van der Waals surface area (Å²) in [5.41, 5.74) is -0.0394. The predicted octanol–water partition coefficient (Wildman–Crippen LogP) is 4.99. The van der Waals surface area contributed by atoms with Crippen molar-refractivity contribution in [3.8, 4) is 0 Å². The molecule has 4 aromatic carbocycles. The number of nitrogens with zero attached hydrogens (tertiary/aromatic N) is 1. The second-order valence-electron chi connectivity index (χ2n) is 8.06. The Bertz CT molecular complexity index is 1370. The van der Waals surface area contributed by atoms with Crippen LogP contribution < -0.4 is 4.90 Å². The van der Waals surface area contributed by atoms with Gasteiger partial charge in [-0.3, -0.25) is 9.59 Å². The van der Waals surface area contributed by atoms with E-state index in [1.165, 1.54) is 17.0 Å². The maximum absolute atomic E-state index is 13.7. The lowest BCUT2D eigenvalue weighted by Crippen LogP contribution is -2.41. The van der Waals surface area contributed by atoms with E-state index in [0.717, 1.165) is 10.8 Å². The fraction of sp³-hybridized carbons (Fsp3) is 0.111. The number of fused-ring (bicyclic) bond motifs is 2. The van der Waals surface area contributed by atoms with Crippen LogP contribution >= 0.6 is 0 Å². The van der Waals surface area contributed by atoms with Crippen LogP contribution in [0, 0.1) is 5.82 Å². The number of amides is 1. The van der Waals surface area contributed by atoms with Crippen LogP contribution in [0.25, 0.3) is 10.8 Å². The van der Waals surface area contributed by atoms with Crippen LogP contribution in [0.3, 0.4) is 0 Å². The van der Waals surface area contributed by atoms with Crippen LogP contribution in [0.5, 0.6) is 0 Å². The van der Waals surface area contributed by atoms with E-state index >= 15 is 0 Å². The Morgan fingerprint density at radius 2 is 1.62 bits per heavy atom. The summed E-state index contributed by atoms with van der Waals surface area (Å²) in [7, 11) is 0. The van der Waals surface area contributed by atoms with E-state index in [4.69, 9.17) is 0 Å². The van der Waals surface area contributed by atoms with Gasteiger partial charge in [-0.05, 0) is 40.6 Å². The molecule has 1 N–H and O–H groups in total. The number of carbonyl (C=O) groups is 2. The summed E-state index contributed by atoms with van der Waals surface area (Å²) < 4.78 is 13.7. The zero-order chi connectivity index (χ0) is 22.3. The quantitative estimate of drug-likeness (QED) is 0.459. The van der Waals surface area contributed by atoms with Crippen molar-refractivity contribution in [2.24, 2.45) is 0 Å². The van der Waals surface area contributed by atoms with Crippen molar-refractivity contribution in [3.05, 3.63) is 114 Å². The van der Waals surface area contributed by atoms with Crippen molar-refractivity contribution in [2.75, 3.05) is 4.90 Å². The number of hydrogen-bond acceptors (Lipinski definition) is 3. The average molecular weight is 425 g/mol. The normalized spacial score (nSPS) is 17.6. The summed E-state index contributed by atoms with van der Waals surface area (Å²) in [5.74, 6) is -1.31. The summed E-state index contributed by atoms with van der Waals surface area (Å²) in [6, 6.07) is 25.9. The summed E-state index contributed by atoms with van der Waals surface area (Å²) in [5, 5.41) is 13.4. The van der Waals surface area contributed by atoms with Gasteiger partial charge in [-0.1, -0.05) is 66.7 Å². The molecule has 1 aliphatic heterocycles. The molecule has 4 nitrogen and oxygen atoms in total. The first-order valence-electron chi connectivity index (χ1n) is 10.4. The van der Waals surface area contributed by atoms with E-state index < -0.39 is 17.3 Å². The molecule has 0 radical (unpaired) electrons. The summed E-state index contributed by atoms with van der Waals surface area (Å²) in [4.78, 5) is 27.9. The van der Waals surface area contributed by atoms with Gasteiger partial charge in [0.2, 0.25) is 0 Å². The van der Waals surface area contributed by atoms with Gasteiger partial charge in [0.15, 0.2) is 11.4 Å². The van der Waals surface area contributed by atoms with Crippen LogP contribution in [0.2, 0.25) is 0 Å². The van der Waals surface area contributed by atoms with Gasteiger partial charge in [-0.2, -0.15) is 0 Å². The second-order valence-corrected chi connectivity index (χ2v) is 8.06. The van der Waals surface area contributed by atoms with Crippen molar-refractivity contribution < 1.29 is 19.1 Å². The van der Waals surface area contributed by atoms with E-state index in [9.17, 15) is 19.1 Å². The Kier molecular flexibility index (Phi) is 4.83. The Balaban J connectivity index is 1.48. The molecule has 5 rings (SSSR count). The van der Waals surface area contributed by atoms with Crippen LogP contribution in [0.4, 0.5) is 10.1 Å². The maximum Gasteiger partial charge on any atom is 0.264 e. The van der Waals surface area contributed by atoms with Crippen molar-refractivity contribution in [1.82, 2.24) is 0 Å². The molecule has 1 heterocycles. The summed E-state index contributed by atoms with van der Waals surface area (Å²) >= 11 is 0. The molecule has 1 amide bonds. The molecule has 5 heteroatoms. The molecule has 158 valence electrons. The number of halogens is 1. The molecule has 1 atom stereocenters. The van der Waals surface area contributed by atoms with Crippen molar-refractivity contribution in [2.45, 2.75) is 18.6 Å². The number of rotatable bonds is 5. The molecule has 0 saturated heterocycles. The highest BCUT2D eigenvalue weighted by molar-refractivity contribution is 6.11. The van der Waals surface area contributed by atoms with Gasteiger partial charge < -0.3 is 10.0 Å². The molecule has 4 aromatic rings. The highest BCUT2D eigenvalue weighted by Gasteiger charge is 2.50. The van der Waals surface area contributed by atoms with Gasteiger partial charge in [-0.15, -0.1) is 0 Å². The largest absolute Gasteiger partial charge is 0.375 e. The number of anilines is 1. The maximum atomic E-state index is 13.7. The molecule has 0 fully saturated rings. The van der Waals surface area contributed by atoms with E-state index in [0.29, 0.717) is 22.4 Å². The lowest BCUT2D eigenvalue weighted by Gasteiger charge is -2.23. The Hall–Kier alpha value is -3.83. The fourth-order valence-corrected chi connectivity index (χ4v) is 4.35. The molecular formula is C27H20FNO3. The van der Waals surface area contributed by atoms with E-state index in [1.807, 2.05) is 30.3 Å². The SMILES string of the molecule is O=C(C[C@@]1(O)C(=O)N(Cc2cccc(F)c2)c2ccccc21)c1ccc2ccccc2c1. The molecule has 0 unspecified atom stereocenters. The van der Waals surface area contributed by atoms with E-state index in [-0.39, 0.29) is 18.7 Å². The first-order chi connectivity index (χ1) is 15.5. The standard InChI is InChI=1S/C27H20FNO3/c28-22-9-5-6-18(14-22)17-29-24-11-4-3-10-23(24)27(32,26(29)31)16-25(30)21-13-12-19-7-1-2-8-20(19)15-21/h1-15,32H,16-17H2/t27-/m0/s1. The second kappa shape index (κ2) is 7.70. The molecule has 0 aromatic heterocycles. The molecule has 32 heavy (non-hydrogen) atoms. The van der Waals surface area contributed by atoms with Crippen LogP contribution in [-0.4, -0.2) is 16.8 Å². The number of Topliss-reactive ketones (excluding diaryl/α,β-unsaturated/α-hetero) is 1. The average Bonchev–Trinajstić information content (AvgIpc) is 3.01. The van der Waals surface area contributed by atoms with Crippen LogP contribution in [0.15, 0.2) is 91.0 Å². The molecule has 0 saturated carbocycles. The number of carbonyl (C=O) groups excluding carboxylic acids is 2. The Morgan fingerprint density at radius 3 is 2.44 bits per heavy atom. The van der Waals surface area contributed by atoms with Gasteiger partial charge in [0.1, 0.15) is 5.82 Å². The number of aliphatic hydroxyl groups is 1.